The number of aromatic nitrogens is 3. The van der Waals surface area contributed by atoms with Crippen LogP contribution in [0.5, 0.6) is 5.88 Å². The molecule has 1 aliphatic rings. The standard InChI is InChI=1S/C20H19N3O3/c1-12-5-6-18(22-9-12)16-8-14(16)11-26-19-17(10-21-13(2)23-19)15-4-3-7-25-20(15)24/h3-7,9-10,14,16H,8,11H2,1-2H3. The van der Waals surface area contributed by atoms with E-state index in [0.29, 0.717) is 41.3 Å². The van der Waals surface area contributed by atoms with Gasteiger partial charge in [0.15, 0.2) is 0 Å². The van der Waals surface area contributed by atoms with Crippen molar-refractivity contribution in [3.05, 3.63) is 70.4 Å². The molecule has 4 rings (SSSR count). The van der Waals surface area contributed by atoms with Crippen LogP contribution in [0, 0.1) is 19.8 Å². The molecule has 0 bridgehead atoms. The SMILES string of the molecule is Cc1ccc(C2CC2COc2nc(C)ncc2-c2cccoc2=O)nc1. The number of hydrogen-bond donors (Lipinski definition) is 0. The molecule has 1 saturated carbocycles. The molecule has 0 saturated heterocycles. The van der Waals surface area contributed by atoms with Gasteiger partial charge in [-0.1, -0.05) is 6.07 Å². The van der Waals surface area contributed by atoms with E-state index in [0.717, 1.165) is 17.7 Å². The van der Waals surface area contributed by atoms with Gasteiger partial charge in [-0.05, 0) is 44.0 Å². The lowest BCUT2D eigenvalue weighted by Crippen LogP contribution is -2.08. The summed E-state index contributed by atoms with van der Waals surface area (Å²) in [4.78, 5) is 25.0. The summed E-state index contributed by atoms with van der Waals surface area (Å²) >= 11 is 0. The Morgan fingerprint density at radius 1 is 1.15 bits per heavy atom. The maximum Gasteiger partial charge on any atom is 0.343 e. The van der Waals surface area contributed by atoms with E-state index in [2.05, 4.69) is 27.1 Å². The minimum atomic E-state index is -0.432. The Kier molecular flexibility index (Phi) is 4.24. The van der Waals surface area contributed by atoms with Gasteiger partial charge in [-0.2, -0.15) is 4.98 Å². The van der Waals surface area contributed by atoms with E-state index in [9.17, 15) is 4.79 Å². The topological polar surface area (TPSA) is 78.1 Å². The van der Waals surface area contributed by atoms with Crippen LogP contribution in [0.1, 0.15) is 29.4 Å². The van der Waals surface area contributed by atoms with Crippen LogP contribution in [-0.4, -0.2) is 21.6 Å². The molecule has 3 aromatic heterocycles. The number of nitrogens with zero attached hydrogens (tertiary/aromatic N) is 3. The fourth-order valence-corrected chi connectivity index (χ4v) is 2.99. The summed E-state index contributed by atoms with van der Waals surface area (Å²) in [7, 11) is 0. The van der Waals surface area contributed by atoms with Crippen molar-refractivity contribution < 1.29 is 9.15 Å². The van der Waals surface area contributed by atoms with Crippen molar-refractivity contribution in [3.63, 3.8) is 0 Å². The summed E-state index contributed by atoms with van der Waals surface area (Å²) in [6.45, 7) is 4.35. The summed E-state index contributed by atoms with van der Waals surface area (Å²) in [5, 5.41) is 0. The third-order valence-electron chi connectivity index (χ3n) is 4.57. The Morgan fingerprint density at radius 2 is 2.04 bits per heavy atom. The van der Waals surface area contributed by atoms with Gasteiger partial charge in [-0.15, -0.1) is 0 Å². The third kappa shape index (κ3) is 3.35. The Bertz CT molecular complexity index is 982. The van der Waals surface area contributed by atoms with Crippen LogP contribution >= 0.6 is 0 Å². The van der Waals surface area contributed by atoms with Crippen LogP contribution in [0.3, 0.4) is 0 Å². The van der Waals surface area contributed by atoms with Crippen LogP contribution in [0.25, 0.3) is 11.1 Å². The van der Waals surface area contributed by atoms with Gasteiger partial charge in [0.1, 0.15) is 5.82 Å². The van der Waals surface area contributed by atoms with Crippen molar-refractivity contribution in [1.82, 2.24) is 15.0 Å². The largest absolute Gasteiger partial charge is 0.477 e. The molecule has 0 spiro atoms. The van der Waals surface area contributed by atoms with E-state index >= 15 is 0 Å². The molecule has 6 heteroatoms. The Morgan fingerprint density at radius 3 is 2.81 bits per heavy atom. The molecule has 3 heterocycles. The highest BCUT2D eigenvalue weighted by atomic mass is 16.5. The molecule has 1 aliphatic carbocycles. The summed E-state index contributed by atoms with van der Waals surface area (Å²) in [5.41, 5.74) is 2.78. The zero-order valence-electron chi connectivity index (χ0n) is 14.7. The smallest absolute Gasteiger partial charge is 0.343 e. The number of ether oxygens (including phenoxy) is 1. The van der Waals surface area contributed by atoms with Crippen molar-refractivity contribution in [1.29, 1.82) is 0 Å². The zero-order chi connectivity index (χ0) is 18.1. The normalized spacial score (nSPS) is 18.5. The predicted octanol–water partition coefficient (Wildman–Crippen LogP) is 3.29. The van der Waals surface area contributed by atoms with E-state index in [1.54, 1.807) is 25.3 Å². The fraction of sp³-hybridized carbons (Fsp3) is 0.300. The molecule has 132 valence electrons. The van der Waals surface area contributed by atoms with Crippen molar-refractivity contribution in [3.8, 4) is 17.0 Å². The second-order valence-corrected chi connectivity index (χ2v) is 6.62. The Balaban J connectivity index is 1.51. The third-order valence-corrected chi connectivity index (χ3v) is 4.57. The van der Waals surface area contributed by atoms with Crippen LogP contribution < -0.4 is 10.4 Å². The van der Waals surface area contributed by atoms with Gasteiger partial charge in [0.25, 0.3) is 0 Å². The first kappa shape index (κ1) is 16.4. The molecule has 0 aromatic carbocycles. The molecule has 0 amide bonds. The lowest BCUT2D eigenvalue weighted by Gasteiger charge is -2.10. The number of aryl methyl sites for hydroxylation is 2. The van der Waals surface area contributed by atoms with Gasteiger partial charge in [-0.3, -0.25) is 4.98 Å². The van der Waals surface area contributed by atoms with E-state index in [1.807, 2.05) is 13.1 Å². The molecule has 0 N–H and O–H groups in total. The molecule has 3 aromatic rings. The summed E-state index contributed by atoms with van der Waals surface area (Å²) in [6, 6.07) is 7.51. The Hall–Kier alpha value is -3.02. The maximum absolute atomic E-state index is 12.0. The highest BCUT2D eigenvalue weighted by molar-refractivity contribution is 5.66. The quantitative estimate of drug-likeness (QED) is 0.703. The first-order valence-corrected chi connectivity index (χ1v) is 8.59. The maximum atomic E-state index is 12.0. The van der Waals surface area contributed by atoms with Crippen LogP contribution in [0.4, 0.5) is 0 Å². The van der Waals surface area contributed by atoms with Gasteiger partial charge in [0.2, 0.25) is 5.88 Å². The summed E-state index contributed by atoms with van der Waals surface area (Å²) < 4.78 is 10.9. The molecule has 1 fully saturated rings. The molecular formula is C20H19N3O3. The number of pyridine rings is 1. The highest BCUT2D eigenvalue weighted by Gasteiger charge is 2.40. The van der Waals surface area contributed by atoms with Crippen molar-refractivity contribution in [2.75, 3.05) is 6.61 Å². The van der Waals surface area contributed by atoms with E-state index in [1.165, 1.54) is 6.26 Å². The Labute approximate surface area is 150 Å². The predicted molar refractivity (Wildman–Crippen MR) is 96.1 cm³/mol. The van der Waals surface area contributed by atoms with Crippen molar-refractivity contribution in [2.24, 2.45) is 5.92 Å². The minimum Gasteiger partial charge on any atom is -0.477 e. The lowest BCUT2D eigenvalue weighted by atomic mass is 10.1. The van der Waals surface area contributed by atoms with Crippen molar-refractivity contribution in [2.45, 2.75) is 26.2 Å². The van der Waals surface area contributed by atoms with Crippen LogP contribution in [-0.2, 0) is 0 Å². The van der Waals surface area contributed by atoms with Crippen molar-refractivity contribution >= 4 is 0 Å². The molecule has 0 aliphatic heterocycles. The number of rotatable bonds is 5. The van der Waals surface area contributed by atoms with E-state index in [4.69, 9.17) is 9.15 Å². The summed E-state index contributed by atoms with van der Waals surface area (Å²) in [6.07, 6.45) is 5.90. The molecular weight excluding hydrogens is 330 g/mol. The van der Waals surface area contributed by atoms with Gasteiger partial charge >= 0.3 is 5.63 Å². The second kappa shape index (κ2) is 6.71. The van der Waals surface area contributed by atoms with E-state index < -0.39 is 5.63 Å². The minimum absolute atomic E-state index is 0.398. The van der Waals surface area contributed by atoms with Gasteiger partial charge < -0.3 is 9.15 Å². The van der Waals surface area contributed by atoms with Gasteiger partial charge in [0.05, 0.1) is 24.0 Å². The van der Waals surface area contributed by atoms with Crippen LogP contribution in [0.2, 0.25) is 0 Å². The molecule has 0 radical (unpaired) electrons. The second-order valence-electron chi connectivity index (χ2n) is 6.62. The first-order chi connectivity index (χ1) is 12.6. The molecule has 6 nitrogen and oxygen atoms in total. The monoisotopic (exact) mass is 349 g/mol. The molecule has 26 heavy (non-hydrogen) atoms. The molecule has 2 atom stereocenters. The van der Waals surface area contributed by atoms with Gasteiger partial charge in [-0.25, -0.2) is 9.78 Å². The summed E-state index contributed by atoms with van der Waals surface area (Å²) in [5.74, 6) is 1.83. The zero-order valence-corrected chi connectivity index (χ0v) is 14.7. The number of hydrogen-bond acceptors (Lipinski definition) is 6. The van der Waals surface area contributed by atoms with Gasteiger partial charge in [0, 0.05) is 29.9 Å². The lowest BCUT2D eigenvalue weighted by molar-refractivity contribution is 0.285. The highest BCUT2D eigenvalue weighted by Crippen LogP contribution is 2.46. The molecule has 2 unspecified atom stereocenters. The fourth-order valence-electron chi connectivity index (χ4n) is 2.99. The van der Waals surface area contributed by atoms with Crippen LogP contribution in [0.15, 0.2) is 52.1 Å². The van der Waals surface area contributed by atoms with E-state index in [-0.39, 0.29) is 0 Å². The first-order valence-electron chi connectivity index (χ1n) is 8.59. The average molecular weight is 349 g/mol. The average Bonchev–Trinajstić information content (AvgIpc) is 3.41.